The fourth-order valence-corrected chi connectivity index (χ4v) is 2.22. The van der Waals surface area contributed by atoms with Crippen molar-refractivity contribution in [3.63, 3.8) is 0 Å². The minimum atomic E-state index is -0.639. The number of aliphatic hydroxyl groups excluding tert-OH is 1. The molecule has 112 valence electrons. The highest BCUT2D eigenvalue weighted by atomic mass is 79.9. The molecule has 0 bridgehead atoms. The molecule has 1 aromatic carbocycles. The molecule has 20 heavy (non-hydrogen) atoms. The first-order valence-electron chi connectivity index (χ1n) is 6.87. The van der Waals surface area contributed by atoms with E-state index in [2.05, 4.69) is 21.2 Å². The molecule has 0 aromatic heterocycles. The lowest BCUT2D eigenvalue weighted by Gasteiger charge is -2.17. The van der Waals surface area contributed by atoms with E-state index >= 15 is 0 Å². The average Bonchev–Trinajstić information content (AvgIpc) is 2.42. The molecule has 0 spiro atoms. The van der Waals surface area contributed by atoms with Crippen LogP contribution in [0, 0.1) is 0 Å². The SMILES string of the molecule is CCC(CC)NC(=O)COc1cc(Br)ccc1[C@@H](C)O. The van der Waals surface area contributed by atoms with Crippen molar-refractivity contribution < 1.29 is 14.6 Å². The van der Waals surface area contributed by atoms with Gasteiger partial charge in [-0.3, -0.25) is 4.79 Å². The maximum Gasteiger partial charge on any atom is 0.258 e. The molecular formula is C15H22BrNO3. The summed E-state index contributed by atoms with van der Waals surface area (Å²) in [5.41, 5.74) is 0.670. The van der Waals surface area contributed by atoms with Crippen molar-refractivity contribution in [2.45, 2.75) is 45.8 Å². The molecule has 0 radical (unpaired) electrons. The zero-order valence-corrected chi connectivity index (χ0v) is 13.7. The van der Waals surface area contributed by atoms with Gasteiger partial charge in [-0.05, 0) is 31.9 Å². The Morgan fingerprint density at radius 1 is 1.40 bits per heavy atom. The van der Waals surface area contributed by atoms with Crippen LogP contribution in [-0.4, -0.2) is 23.7 Å². The van der Waals surface area contributed by atoms with E-state index < -0.39 is 6.10 Å². The van der Waals surface area contributed by atoms with Gasteiger partial charge >= 0.3 is 0 Å². The van der Waals surface area contributed by atoms with Gasteiger partial charge in [-0.1, -0.05) is 35.8 Å². The lowest BCUT2D eigenvalue weighted by Crippen LogP contribution is -2.37. The number of hydrogen-bond acceptors (Lipinski definition) is 3. The first-order valence-corrected chi connectivity index (χ1v) is 7.66. The summed E-state index contributed by atoms with van der Waals surface area (Å²) in [4.78, 5) is 11.8. The smallest absolute Gasteiger partial charge is 0.258 e. The zero-order chi connectivity index (χ0) is 15.1. The summed E-state index contributed by atoms with van der Waals surface area (Å²) < 4.78 is 6.37. The van der Waals surface area contributed by atoms with E-state index in [0.29, 0.717) is 11.3 Å². The molecule has 0 saturated heterocycles. The standard InChI is InChI=1S/C15H22BrNO3/c1-4-12(5-2)17-15(19)9-20-14-8-11(16)6-7-13(14)10(3)18/h6-8,10,12,18H,4-5,9H2,1-3H3,(H,17,19)/t10-/m1/s1. The van der Waals surface area contributed by atoms with E-state index in [4.69, 9.17) is 4.74 Å². The maximum atomic E-state index is 11.8. The van der Waals surface area contributed by atoms with Crippen LogP contribution in [0.15, 0.2) is 22.7 Å². The number of benzene rings is 1. The largest absolute Gasteiger partial charge is 0.483 e. The van der Waals surface area contributed by atoms with Crippen LogP contribution < -0.4 is 10.1 Å². The number of amides is 1. The van der Waals surface area contributed by atoms with E-state index in [1.165, 1.54) is 0 Å². The first kappa shape index (κ1) is 17.0. The molecule has 0 saturated carbocycles. The molecule has 1 aromatic rings. The Labute approximate surface area is 128 Å². The van der Waals surface area contributed by atoms with Gasteiger partial charge in [0.15, 0.2) is 6.61 Å². The zero-order valence-electron chi connectivity index (χ0n) is 12.1. The Bertz CT molecular complexity index is 445. The molecule has 4 nitrogen and oxygen atoms in total. The van der Waals surface area contributed by atoms with Gasteiger partial charge in [0.25, 0.3) is 5.91 Å². The van der Waals surface area contributed by atoms with Crippen LogP contribution in [0.4, 0.5) is 0 Å². The van der Waals surface area contributed by atoms with Gasteiger partial charge < -0.3 is 15.2 Å². The second kappa shape index (κ2) is 8.27. The van der Waals surface area contributed by atoms with Crippen molar-refractivity contribution in [3.05, 3.63) is 28.2 Å². The minimum Gasteiger partial charge on any atom is -0.483 e. The summed E-state index contributed by atoms with van der Waals surface area (Å²) in [6, 6.07) is 5.55. The van der Waals surface area contributed by atoms with E-state index in [0.717, 1.165) is 17.3 Å². The Kier molecular flexibility index (Phi) is 7.02. The van der Waals surface area contributed by atoms with Crippen LogP contribution in [0.1, 0.15) is 45.3 Å². The number of aliphatic hydroxyl groups is 1. The molecule has 1 rings (SSSR count). The summed E-state index contributed by atoms with van der Waals surface area (Å²) in [5, 5.41) is 12.6. The molecular weight excluding hydrogens is 322 g/mol. The van der Waals surface area contributed by atoms with Crippen molar-refractivity contribution in [1.29, 1.82) is 0 Å². The Morgan fingerprint density at radius 2 is 2.05 bits per heavy atom. The van der Waals surface area contributed by atoms with Gasteiger partial charge in [-0.15, -0.1) is 0 Å². The molecule has 0 heterocycles. The second-order valence-electron chi connectivity index (χ2n) is 4.73. The highest BCUT2D eigenvalue weighted by Gasteiger charge is 2.13. The molecule has 0 unspecified atom stereocenters. The van der Waals surface area contributed by atoms with E-state index in [1.807, 2.05) is 19.9 Å². The summed E-state index contributed by atoms with van der Waals surface area (Å²) >= 11 is 3.35. The second-order valence-corrected chi connectivity index (χ2v) is 5.64. The first-order chi connectivity index (χ1) is 9.47. The van der Waals surface area contributed by atoms with Crippen molar-refractivity contribution in [1.82, 2.24) is 5.32 Å². The Hall–Kier alpha value is -1.07. The van der Waals surface area contributed by atoms with Crippen LogP contribution in [0.3, 0.4) is 0 Å². The number of carbonyl (C=O) groups is 1. The van der Waals surface area contributed by atoms with Crippen LogP contribution in [0.5, 0.6) is 5.75 Å². The van der Waals surface area contributed by atoms with Crippen molar-refractivity contribution in [3.8, 4) is 5.75 Å². The van der Waals surface area contributed by atoms with Crippen molar-refractivity contribution in [2.24, 2.45) is 0 Å². The van der Waals surface area contributed by atoms with Crippen molar-refractivity contribution >= 4 is 21.8 Å². The minimum absolute atomic E-state index is 0.0489. The summed E-state index contributed by atoms with van der Waals surface area (Å²) in [6.07, 6.45) is 1.16. The van der Waals surface area contributed by atoms with Crippen LogP contribution in [0.25, 0.3) is 0 Å². The predicted molar refractivity (Wildman–Crippen MR) is 82.8 cm³/mol. The monoisotopic (exact) mass is 343 g/mol. The number of halogens is 1. The molecule has 2 N–H and O–H groups in total. The third-order valence-electron chi connectivity index (χ3n) is 3.14. The average molecular weight is 344 g/mol. The molecule has 0 fully saturated rings. The highest BCUT2D eigenvalue weighted by molar-refractivity contribution is 9.10. The van der Waals surface area contributed by atoms with E-state index in [9.17, 15) is 9.90 Å². The fourth-order valence-electron chi connectivity index (χ4n) is 1.88. The molecule has 5 heteroatoms. The van der Waals surface area contributed by atoms with E-state index in [1.54, 1.807) is 19.1 Å². The molecule has 1 atom stereocenters. The third-order valence-corrected chi connectivity index (χ3v) is 3.63. The summed E-state index contributed by atoms with van der Waals surface area (Å²) in [7, 11) is 0. The van der Waals surface area contributed by atoms with Crippen LogP contribution in [0.2, 0.25) is 0 Å². The van der Waals surface area contributed by atoms with Gasteiger partial charge in [-0.2, -0.15) is 0 Å². The van der Waals surface area contributed by atoms with E-state index in [-0.39, 0.29) is 18.6 Å². The van der Waals surface area contributed by atoms with Gasteiger partial charge in [0.1, 0.15) is 5.75 Å². The normalized spacial score (nSPS) is 12.3. The number of carbonyl (C=O) groups excluding carboxylic acids is 1. The predicted octanol–water partition coefficient (Wildman–Crippen LogP) is 3.19. The number of nitrogens with one attached hydrogen (secondary N) is 1. The maximum absolute atomic E-state index is 11.8. The topological polar surface area (TPSA) is 58.6 Å². The number of hydrogen-bond donors (Lipinski definition) is 2. The molecule has 0 aliphatic heterocycles. The Balaban J connectivity index is 2.65. The quantitative estimate of drug-likeness (QED) is 0.799. The third kappa shape index (κ3) is 5.13. The molecule has 0 aliphatic rings. The summed E-state index contributed by atoms with van der Waals surface area (Å²) in [5.74, 6) is 0.379. The number of rotatable bonds is 7. The van der Waals surface area contributed by atoms with Crippen LogP contribution >= 0.6 is 15.9 Å². The van der Waals surface area contributed by atoms with Gasteiger partial charge in [0, 0.05) is 16.1 Å². The van der Waals surface area contributed by atoms with Gasteiger partial charge in [0.2, 0.25) is 0 Å². The van der Waals surface area contributed by atoms with Gasteiger partial charge in [0.05, 0.1) is 6.10 Å². The number of ether oxygens (including phenoxy) is 1. The molecule has 0 aliphatic carbocycles. The van der Waals surface area contributed by atoms with Gasteiger partial charge in [-0.25, -0.2) is 0 Å². The fraction of sp³-hybridized carbons (Fsp3) is 0.533. The lowest BCUT2D eigenvalue weighted by atomic mass is 10.1. The highest BCUT2D eigenvalue weighted by Crippen LogP contribution is 2.28. The Morgan fingerprint density at radius 3 is 2.60 bits per heavy atom. The summed E-state index contributed by atoms with van der Waals surface area (Å²) in [6.45, 7) is 5.69. The van der Waals surface area contributed by atoms with Crippen molar-refractivity contribution in [2.75, 3.05) is 6.61 Å². The van der Waals surface area contributed by atoms with Crippen LogP contribution in [-0.2, 0) is 4.79 Å². The lowest BCUT2D eigenvalue weighted by molar-refractivity contribution is -0.123. The molecule has 1 amide bonds.